The Morgan fingerprint density at radius 3 is 2.49 bits per heavy atom. The van der Waals surface area contributed by atoms with Crippen LogP contribution in [0.25, 0.3) is 16.6 Å². The third-order valence-electron chi connectivity index (χ3n) is 13.8. The zero-order valence-corrected chi connectivity index (χ0v) is 42.0. The number of anilines is 4. The van der Waals surface area contributed by atoms with E-state index in [2.05, 4.69) is 50.8 Å². The van der Waals surface area contributed by atoms with E-state index in [-0.39, 0.29) is 35.3 Å². The monoisotopic (exact) mass is 998 g/mol. The number of amides is 1. The average molecular weight is 1000 g/mol. The van der Waals surface area contributed by atoms with Gasteiger partial charge in [-0.1, -0.05) is 43.2 Å². The molecule has 3 N–H and O–H groups in total. The molecule has 5 heterocycles. The lowest BCUT2D eigenvalue weighted by molar-refractivity contribution is -0.384. The van der Waals surface area contributed by atoms with E-state index in [1.807, 2.05) is 55.1 Å². The number of nitro benzene ring substituents is 1. The molecule has 0 bridgehead atoms. The lowest BCUT2D eigenvalue weighted by Crippen LogP contribution is -2.47. The summed E-state index contributed by atoms with van der Waals surface area (Å²) in [7, 11) is -7.32. The number of ether oxygens (including phenoxy) is 1. The Bertz CT molecular complexity index is 2940. The van der Waals surface area contributed by atoms with E-state index in [0.717, 1.165) is 74.1 Å². The van der Waals surface area contributed by atoms with Gasteiger partial charge in [-0.05, 0) is 123 Å². The number of aromatic amines is 1. The lowest BCUT2D eigenvalue weighted by atomic mass is 9.72. The second-order valence-corrected chi connectivity index (χ2v) is 24.6. The molecule has 366 valence electrons. The molecule has 5 aromatic rings. The summed E-state index contributed by atoms with van der Waals surface area (Å²) in [6.07, 6.45) is 6.98. The van der Waals surface area contributed by atoms with E-state index in [1.165, 1.54) is 28.8 Å². The smallest absolute Gasteiger partial charge is 0.293 e. The van der Waals surface area contributed by atoms with Crippen LogP contribution in [0.1, 0.15) is 75.7 Å². The molecule has 2 aromatic heterocycles. The van der Waals surface area contributed by atoms with Crippen molar-refractivity contribution < 1.29 is 32.0 Å². The summed E-state index contributed by atoms with van der Waals surface area (Å²) < 4.78 is 55.0. The molecule has 1 aliphatic carbocycles. The molecule has 9 rings (SSSR count). The molecule has 0 unspecified atom stereocenters. The van der Waals surface area contributed by atoms with Crippen LogP contribution in [0.15, 0.2) is 89.5 Å². The number of hydrogen-bond donors (Lipinski definition) is 3. The number of benzene rings is 3. The number of nitrogens with zero attached hydrogens (tertiary/aromatic N) is 5. The molecule has 0 saturated carbocycles. The van der Waals surface area contributed by atoms with E-state index in [1.54, 1.807) is 12.3 Å². The number of pyridine rings is 1. The predicted octanol–water partition coefficient (Wildman–Crippen LogP) is 10.1. The van der Waals surface area contributed by atoms with Crippen molar-refractivity contribution in [3.8, 4) is 5.88 Å². The van der Waals surface area contributed by atoms with Gasteiger partial charge in [-0.3, -0.25) is 24.4 Å². The first-order valence-electron chi connectivity index (χ1n) is 23.8. The van der Waals surface area contributed by atoms with Gasteiger partial charge in [0.2, 0.25) is 13.2 Å². The quantitative estimate of drug-likeness (QED) is 0.0541. The fourth-order valence-electron chi connectivity index (χ4n) is 10.1. The molecule has 16 nitrogen and oxygen atoms in total. The molecule has 2 fully saturated rings. The Balaban J connectivity index is 0.946. The van der Waals surface area contributed by atoms with Crippen LogP contribution in [0.2, 0.25) is 5.02 Å². The van der Waals surface area contributed by atoms with Crippen molar-refractivity contribution >= 4 is 79.9 Å². The molecule has 69 heavy (non-hydrogen) atoms. The van der Waals surface area contributed by atoms with Crippen LogP contribution in [0.5, 0.6) is 5.88 Å². The predicted molar refractivity (Wildman–Crippen MR) is 272 cm³/mol. The van der Waals surface area contributed by atoms with Gasteiger partial charge < -0.3 is 29.4 Å². The van der Waals surface area contributed by atoms with Crippen LogP contribution in [0, 0.1) is 21.4 Å². The van der Waals surface area contributed by atoms with Crippen molar-refractivity contribution in [3.05, 3.63) is 111 Å². The van der Waals surface area contributed by atoms with Gasteiger partial charge in [-0.25, -0.2) is 13.1 Å². The third kappa shape index (κ3) is 11.0. The molecule has 3 aliphatic heterocycles. The van der Waals surface area contributed by atoms with Crippen LogP contribution in [-0.2, 0) is 19.1 Å². The molecule has 2 saturated heterocycles. The number of sulfonamides is 1. The number of piperazine rings is 1. The molecule has 0 radical (unpaired) electrons. The molecule has 19 heteroatoms. The SMILES string of the molecule is CC(C)OP1(=O)CCC(CNc2ccc(S(=O)(=O)NC(=O)c3ccc(N4CCN(CC5=C(c6ccc(Cl)cc6)CC(C)(C)CC5)CC4)cc3N3CCOc4nc5[nH]ccc5cc43)cc2[N+](=O)[O-])CC1. The minimum Gasteiger partial charge on any atom is -0.474 e. The highest BCUT2D eigenvalue weighted by molar-refractivity contribution is 7.90. The molecular formula is C50H60ClN8O8PS. The molecule has 0 spiro atoms. The van der Waals surface area contributed by atoms with Crippen LogP contribution in [0.4, 0.5) is 28.4 Å². The number of fused-ring (bicyclic) bond motifs is 2. The Kier molecular flexibility index (Phi) is 13.9. The second-order valence-electron chi connectivity index (χ2n) is 19.7. The van der Waals surface area contributed by atoms with Crippen LogP contribution >= 0.6 is 19.0 Å². The number of rotatable bonds is 14. The summed E-state index contributed by atoms with van der Waals surface area (Å²) in [5.41, 5.74) is 6.72. The number of hydrogen-bond acceptors (Lipinski definition) is 13. The van der Waals surface area contributed by atoms with Crippen LogP contribution in [0.3, 0.4) is 0 Å². The third-order valence-corrected chi connectivity index (χ3v) is 18.1. The maximum atomic E-state index is 14.4. The van der Waals surface area contributed by atoms with Crippen molar-refractivity contribution in [1.82, 2.24) is 19.6 Å². The van der Waals surface area contributed by atoms with Crippen molar-refractivity contribution in [2.24, 2.45) is 11.3 Å². The fourth-order valence-corrected chi connectivity index (χ4v) is 13.9. The molecule has 3 aromatic carbocycles. The number of nitro groups is 1. The van der Waals surface area contributed by atoms with E-state index < -0.39 is 38.8 Å². The van der Waals surface area contributed by atoms with Gasteiger partial charge in [0.05, 0.1) is 33.7 Å². The topological polar surface area (TPSA) is 192 Å². The normalized spacial score (nSPS) is 21.0. The number of halogens is 1. The summed E-state index contributed by atoms with van der Waals surface area (Å²) in [4.78, 5) is 40.2. The minimum absolute atomic E-state index is 0.0912. The number of carbonyl (C=O) groups excluding carboxylic acids is 1. The first-order chi connectivity index (χ1) is 32.9. The second kappa shape index (κ2) is 19.7. The largest absolute Gasteiger partial charge is 0.474 e. The highest BCUT2D eigenvalue weighted by Crippen LogP contribution is 2.53. The summed E-state index contributed by atoms with van der Waals surface area (Å²) >= 11 is 6.27. The Hall–Kier alpha value is -5.45. The first kappa shape index (κ1) is 48.6. The lowest BCUT2D eigenvalue weighted by Gasteiger charge is -2.39. The van der Waals surface area contributed by atoms with Crippen LogP contribution < -0.4 is 24.6 Å². The van der Waals surface area contributed by atoms with E-state index in [4.69, 9.17) is 25.8 Å². The number of allylic oxidation sites excluding steroid dienone is 1. The van der Waals surface area contributed by atoms with Gasteiger partial charge in [0.15, 0.2) is 0 Å². The van der Waals surface area contributed by atoms with Gasteiger partial charge in [-0.2, -0.15) is 4.98 Å². The molecule has 4 aliphatic rings. The standard InChI is InChI=1S/C50H60ClN8O8PS/c1-33(2)67-68(63)25-15-34(16-26-68)31-53-43-12-10-40(29-45(43)59(61)62)69(64,65)55-48(60)41-11-9-39(28-44(41)58-23-24-66-49-46(58)27-36-14-18-52-47(36)54-49)57-21-19-56(20-22-57)32-37-13-17-50(3,4)30-42(37)35-5-7-38(51)8-6-35/h5-12,14,18,27-29,33-34,53H,13,15-17,19-26,30-32H2,1-4H3,(H,52,54)(H,55,60). The van der Waals surface area contributed by atoms with Crippen molar-refractivity contribution in [2.75, 3.05) is 79.9 Å². The van der Waals surface area contributed by atoms with Crippen LogP contribution in [-0.4, -0.2) is 105 Å². The highest BCUT2D eigenvalue weighted by Gasteiger charge is 2.34. The first-order valence-corrected chi connectivity index (χ1v) is 27.6. The van der Waals surface area contributed by atoms with E-state index in [0.29, 0.717) is 61.2 Å². The molecular weight excluding hydrogens is 939 g/mol. The average Bonchev–Trinajstić information content (AvgIpc) is 3.78. The molecule has 1 amide bonds. The summed E-state index contributed by atoms with van der Waals surface area (Å²) in [6.45, 7) is 13.4. The van der Waals surface area contributed by atoms with E-state index >= 15 is 0 Å². The van der Waals surface area contributed by atoms with Crippen molar-refractivity contribution in [3.63, 3.8) is 0 Å². The zero-order valence-electron chi connectivity index (χ0n) is 39.5. The zero-order chi connectivity index (χ0) is 48.7. The van der Waals surface area contributed by atoms with Gasteiger partial charge in [0.1, 0.15) is 23.6 Å². The van der Waals surface area contributed by atoms with Gasteiger partial charge in [-0.15, -0.1) is 0 Å². The molecule has 0 atom stereocenters. The fraction of sp³-hybridized carbons (Fsp3) is 0.440. The Morgan fingerprint density at radius 2 is 1.77 bits per heavy atom. The number of nitrogens with one attached hydrogen (secondary N) is 3. The summed E-state index contributed by atoms with van der Waals surface area (Å²) in [5, 5.41) is 17.0. The van der Waals surface area contributed by atoms with E-state index in [9.17, 15) is 27.9 Å². The highest BCUT2D eigenvalue weighted by atomic mass is 35.5. The number of carbonyl (C=O) groups is 1. The number of aromatic nitrogens is 2. The van der Waals surface area contributed by atoms with Gasteiger partial charge >= 0.3 is 0 Å². The van der Waals surface area contributed by atoms with Crippen molar-refractivity contribution in [2.45, 2.75) is 70.8 Å². The Labute approximate surface area is 408 Å². The number of H-pyrrole nitrogens is 1. The summed E-state index contributed by atoms with van der Waals surface area (Å²) in [5.74, 6) is -0.422. The van der Waals surface area contributed by atoms with Gasteiger partial charge in [0.25, 0.3) is 21.6 Å². The van der Waals surface area contributed by atoms with Crippen molar-refractivity contribution in [1.29, 1.82) is 0 Å². The maximum absolute atomic E-state index is 14.4. The van der Waals surface area contributed by atoms with Gasteiger partial charge in [0, 0.05) is 80.0 Å². The minimum atomic E-state index is -4.61. The summed E-state index contributed by atoms with van der Waals surface area (Å²) in [6, 6.07) is 21.0. The Morgan fingerprint density at radius 1 is 1.01 bits per heavy atom. The maximum Gasteiger partial charge on any atom is 0.293 e.